The van der Waals surface area contributed by atoms with Crippen molar-refractivity contribution in [3.8, 4) is 11.5 Å². The molecular formula is C25H24N2O4S. The molecule has 2 N–H and O–H groups in total. The normalized spacial score (nSPS) is 12.9. The van der Waals surface area contributed by atoms with Crippen LogP contribution in [0.4, 0.5) is 0 Å². The molecule has 0 amide bonds. The lowest BCUT2D eigenvalue weighted by Gasteiger charge is -2.18. The number of benzene rings is 3. The average molecular weight is 449 g/mol. The Hall–Kier alpha value is -3.42. The molecule has 0 saturated carbocycles. The van der Waals surface area contributed by atoms with Gasteiger partial charge < -0.3 is 19.9 Å². The molecule has 2 unspecified atom stereocenters. The van der Waals surface area contributed by atoms with Gasteiger partial charge in [-0.15, -0.1) is 11.3 Å². The van der Waals surface area contributed by atoms with E-state index in [0.717, 1.165) is 26.5 Å². The lowest BCUT2D eigenvalue weighted by atomic mass is 10.2. The first-order valence-electron chi connectivity index (χ1n) is 10.3. The molecule has 0 saturated heterocycles. The van der Waals surface area contributed by atoms with Crippen LogP contribution in [0.5, 0.6) is 11.5 Å². The van der Waals surface area contributed by atoms with E-state index in [4.69, 9.17) is 19.6 Å². The highest BCUT2D eigenvalue weighted by Gasteiger charge is 2.18. The molecule has 7 heteroatoms. The minimum atomic E-state index is -0.995. The van der Waals surface area contributed by atoms with Crippen LogP contribution in [0.15, 0.2) is 78.9 Å². The number of hydrogen-bond donors (Lipinski definition) is 2. The molecule has 0 bridgehead atoms. The van der Waals surface area contributed by atoms with Crippen LogP contribution in [0.2, 0.25) is 0 Å². The van der Waals surface area contributed by atoms with Crippen molar-refractivity contribution in [2.75, 3.05) is 6.54 Å². The van der Waals surface area contributed by atoms with Gasteiger partial charge in [0, 0.05) is 13.1 Å². The van der Waals surface area contributed by atoms with Crippen LogP contribution >= 0.6 is 11.3 Å². The Kier molecular flexibility index (Phi) is 6.99. The second-order valence-electron chi connectivity index (χ2n) is 7.32. The number of nitrogens with zero attached hydrogens (tertiary/aromatic N) is 1. The van der Waals surface area contributed by atoms with Gasteiger partial charge in [-0.25, -0.2) is 9.78 Å². The Balaban J connectivity index is 1.45. The molecule has 0 aliphatic heterocycles. The summed E-state index contributed by atoms with van der Waals surface area (Å²) in [5.41, 5.74) is 1.95. The molecule has 0 aliphatic carbocycles. The van der Waals surface area contributed by atoms with E-state index in [0.29, 0.717) is 18.8 Å². The largest absolute Gasteiger partial charge is 0.482 e. The lowest BCUT2D eigenvalue weighted by Crippen LogP contribution is -2.25. The SMILES string of the molecule is CC(Oc1cccc(CNCC(Oc2ccccc2)c2nc3ccccc3s2)c1)C(=O)O. The summed E-state index contributed by atoms with van der Waals surface area (Å²) in [6, 6.07) is 25.2. The van der Waals surface area contributed by atoms with Crippen LogP contribution in [0.1, 0.15) is 23.6 Å². The summed E-state index contributed by atoms with van der Waals surface area (Å²) in [4.78, 5) is 15.8. The maximum absolute atomic E-state index is 11.0. The van der Waals surface area contributed by atoms with Gasteiger partial charge in [-0.1, -0.05) is 42.5 Å². The molecule has 1 aromatic heterocycles. The molecule has 32 heavy (non-hydrogen) atoms. The van der Waals surface area contributed by atoms with Gasteiger partial charge in [0.05, 0.1) is 10.2 Å². The van der Waals surface area contributed by atoms with Crippen LogP contribution < -0.4 is 14.8 Å². The quantitative estimate of drug-likeness (QED) is 0.353. The number of rotatable bonds is 10. The smallest absolute Gasteiger partial charge is 0.344 e. The summed E-state index contributed by atoms with van der Waals surface area (Å²) in [5.74, 6) is 0.323. The lowest BCUT2D eigenvalue weighted by molar-refractivity contribution is -0.144. The number of aliphatic carboxylic acids is 1. The Bertz CT molecular complexity index is 1150. The minimum absolute atomic E-state index is 0.249. The van der Waals surface area contributed by atoms with Crippen molar-refractivity contribution in [2.24, 2.45) is 0 Å². The highest BCUT2D eigenvalue weighted by atomic mass is 32.1. The predicted molar refractivity (Wildman–Crippen MR) is 125 cm³/mol. The zero-order valence-electron chi connectivity index (χ0n) is 17.6. The Labute approximate surface area is 190 Å². The van der Waals surface area contributed by atoms with Crippen molar-refractivity contribution < 1.29 is 19.4 Å². The number of aromatic nitrogens is 1. The average Bonchev–Trinajstić information content (AvgIpc) is 3.23. The van der Waals surface area contributed by atoms with E-state index in [1.807, 2.05) is 66.7 Å². The van der Waals surface area contributed by atoms with E-state index < -0.39 is 12.1 Å². The number of hydrogen-bond acceptors (Lipinski definition) is 6. The molecule has 4 rings (SSSR count). The maximum Gasteiger partial charge on any atom is 0.344 e. The molecule has 0 spiro atoms. The van der Waals surface area contributed by atoms with E-state index in [1.165, 1.54) is 6.92 Å². The predicted octanol–water partition coefficient (Wildman–Crippen LogP) is 5.06. The highest BCUT2D eigenvalue weighted by Crippen LogP contribution is 2.29. The summed E-state index contributed by atoms with van der Waals surface area (Å²) in [7, 11) is 0. The fourth-order valence-corrected chi connectivity index (χ4v) is 4.20. The van der Waals surface area contributed by atoms with Crippen LogP contribution in [-0.2, 0) is 11.3 Å². The molecule has 0 fully saturated rings. The van der Waals surface area contributed by atoms with Crippen molar-refractivity contribution >= 4 is 27.5 Å². The third-order valence-electron chi connectivity index (χ3n) is 4.83. The molecule has 3 aromatic carbocycles. The van der Waals surface area contributed by atoms with E-state index in [9.17, 15) is 4.79 Å². The number of nitrogens with one attached hydrogen (secondary N) is 1. The second-order valence-corrected chi connectivity index (χ2v) is 8.38. The van der Waals surface area contributed by atoms with Crippen LogP contribution in [0.25, 0.3) is 10.2 Å². The zero-order valence-corrected chi connectivity index (χ0v) is 18.4. The molecule has 4 aromatic rings. The third-order valence-corrected chi connectivity index (χ3v) is 5.95. The van der Waals surface area contributed by atoms with E-state index in [1.54, 1.807) is 17.4 Å². The Morgan fingerprint density at radius 3 is 2.53 bits per heavy atom. The number of carboxylic acid groups (broad SMARTS) is 1. The topological polar surface area (TPSA) is 80.7 Å². The molecular weight excluding hydrogens is 424 g/mol. The van der Waals surface area contributed by atoms with Crippen LogP contribution in [0, 0.1) is 0 Å². The summed E-state index contributed by atoms with van der Waals surface area (Å²) >= 11 is 1.63. The van der Waals surface area contributed by atoms with Gasteiger partial charge in [0.1, 0.15) is 16.5 Å². The third kappa shape index (κ3) is 5.63. The molecule has 0 radical (unpaired) electrons. The van der Waals surface area contributed by atoms with Crippen molar-refractivity contribution in [3.05, 3.63) is 89.4 Å². The number of carboxylic acids is 1. The number of ether oxygens (including phenoxy) is 2. The first-order chi connectivity index (χ1) is 15.6. The molecule has 2 atom stereocenters. The minimum Gasteiger partial charge on any atom is -0.482 e. The van der Waals surface area contributed by atoms with Crippen LogP contribution in [0.3, 0.4) is 0 Å². The molecule has 1 heterocycles. The summed E-state index contributed by atoms with van der Waals surface area (Å²) in [6.45, 7) is 2.65. The summed E-state index contributed by atoms with van der Waals surface area (Å²) < 4.78 is 12.9. The van der Waals surface area contributed by atoms with Crippen molar-refractivity contribution in [2.45, 2.75) is 25.7 Å². The van der Waals surface area contributed by atoms with E-state index >= 15 is 0 Å². The van der Waals surface area contributed by atoms with Gasteiger partial charge in [0.2, 0.25) is 0 Å². The van der Waals surface area contributed by atoms with Crippen molar-refractivity contribution in [1.82, 2.24) is 10.3 Å². The van der Waals surface area contributed by atoms with Crippen molar-refractivity contribution in [1.29, 1.82) is 0 Å². The first-order valence-corrected chi connectivity index (χ1v) is 11.2. The standard InChI is InChI=1S/C25H24N2O4S/c1-17(25(28)29)30-20-11-7-8-18(14-20)15-26-16-22(31-19-9-3-2-4-10-19)24-27-21-12-5-6-13-23(21)32-24/h2-14,17,22,26H,15-16H2,1H3,(H,28,29). The van der Waals surface area contributed by atoms with Gasteiger partial charge >= 0.3 is 5.97 Å². The molecule has 0 aliphatic rings. The Morgan fingerprint density at radius 2 is 1.75 bits per heavy atom. The second kappa shape index (κ2) is 10.3. The summed E-state index contributed by atoms with van der Waals surface area (Å²) in [6.07, 6.45) is -1.15. The Morgan fingerprint density at radius 1 is 1.00 bits per heavy atom. The monoisotopic (exact) mass is 448 g/mol. The summed E-state index contributed by atoms with van der Waals surface area (Å²) in [5, 5.41) is 13.4. The van der Waals surface area contributed by atoms with Gasteiger partial charge in [-0.2, -0.15) is 0 Å². The fourth-order valence-electron chi connectivity index (χ4n) is 3.20. The number of para-hydroxylation sites is 2. The number of carbonyl (C=O) groups is 1. The number of fused-ring (bicyclic) bond motifs is 1. The van der Waals surface area contributed by atoms with Gasteiger partial charge in [-0.3, -0.25) is 0 Å². The first kappa shape index (κ1) is 21.8. The maximum atomic E-state index is 11.0. The van der Waals surface area contributed by atoms with Crippen LogP contribution in [-0.4, -0.2) is 28.7 Å². The fraction of sp³-hybridized carbons (Fsp3) is 0.200. The highest BCUT2D eigenvalue weighted by molar-refractivity contribution is 7.18. The van der Waals surface area contributed by atoms with E-state index in [2.05, 4.69) is 11.4 Å². The number of thiazole rings is 1. The van der Waals surface area contributed by atoms with Gasteiger partial charge in [0.25, 0.3) is 0 Å². The molecule has 6 nitrogen and oxygen atoms in total. The molecule has 164 valence electrons. The zero-order chi connectivity index (χ0) is 22.3. The van der Waals surface area contributed by atoms with Gasteiger partial charge in [-0.05, 0) is 48.9 Å². The van der Waals surface area contributed by atoms with Gasteiger partial charge in [0.15, 0.2) is 12.2 Å². The van der Waals surface area contributed by atoms with E-state index in [-0.39, 0.29) is 6.10 Å². The van der Waals surface area contributed by atoms with Crippen molar-refractivity contribution in [3.63, 3.8) is 0 Å².